The predicted molar refractivity (Wildman–Crippen MR) is 66.3 cm³/mol. The molecule has 7 nitrogen and oxygen atoms in total. The second-order valence-electron chi connectivity index (χ2n) is 3.43. The summed E-state index contributed by atoms with van der Waals surface area (Å²) >= 11 is 0. The number of aliphatic carboxylic acids is 2. The highest BCUT2D eigenvalue weighted by molar-refractivity contribution is 6.12. The molecule has 0 fully saturated rings. The molecule has 1 rings (SSSR count). The Hall–Kier alpha value is -2.70. The number of aromatic hydroxyl groups is 1. The summed E-state index contributed by atoms with van der Waals surface area (Å²) in [6.07, 6.45) is 0.854. The average Bonchev–Trinajstić information content (AvgIpc) is 2.32. The second kappa shape index (κ2) is 6.29. The molecule has 0 bridgehead atoms. The highest BCUT2D eigenvalue weighted by Gasteiger charge is 2.15. The maximum Gasteiger partial charge on any atom is 0.344 e. The third-order valence-corrected chi connectivity index (χ3v) is 2.10. The number of phenols is 1. The summed E-state index contributed by atoms with van der Waals surface area (Å²) < 4.78 is 5.14. The predicted octanol–water partition coefficient (Wildman–Crippen LogP) is 1.26. The minimum Gasteiger partial charge on any atom is -0.504 e. The number of rotatable bonds is 6. The van der Waals surface area contributed by atoms with E-state index in [1.807, 2.05) is 0 Å². The van der Waals surface area contributed by atoms with Gasteiger partial charge in [-0.3, -0.25) is 0 Å². The van der Waals surface area contributed by atoms with Crippen LogP contribution >= 0.6 is 0 Å². The number of benzene rings is 1. The molecule has 19 heavy (non-hydrogen) atoms. The maximum absolute atomic E-state index is 10.6. The molecule has 0 aliphatic heterocycles. The molecule has 4 N–H and O–H groups in total. The van der Waals surface area contributed by atoms with Crippen LogP contribution in [-0.4, -0.2) is 33.9 Å². The van der Waals surface area contributed by atoms with Gasteiger partial charge >= 0.3 is 11.9 Å². The number of ether oxygens (including phenoxy) is 1. The van der Waals surface area contributed by atoms with Crippen LogP contribution in [0.4, 0.5) is 5.69 Å². The van der Waals surface area contributed by atoms with E-state index in [1.165, 1.54) is 18.2 Å². The maximum atomic E-state index is 10.6. The number of carboxylic acid groups (broad SMARTS) is 2. The summed E-state index contributed by atoms with van der Waals surface area (Å²) in [5.41, 5.74) is -0.410. The van der Waals surface area contributed by atoms with Gasteiger partial charge in [0.15, 0.2) is 17.1 Å². The number of carbonyl (C=O) groups is 2. The smallest absolute Gasteiger partial charge is 0.344 e. The molecule has 7 heteroatoms. The van der Waals surface area contributed by atoms with Crippen molar-refractivity contribution >= 4 is 17.6 Å². The van der Waals surface area contributed by atoms with Crippen molar-refractivity contribution in [3.8, 4) is 11.5 Å². The highest BCUT2D eigenvalue weighted by atomic mass is 16.5. The third-order valence-electron chi connectivity index (χ3n) is 2.10. The minimum absolute atomic E-state index is 0.0620. The van der Waals surface area contributed by atoms with E-state index >= 15 is 0 Å². The van der Waals surface area contributed by atoms with Crippen molar-refractivity contribution in [3.63, 3.8) is 0 Å². The van der Waals surface area contributed by atoms with Crippen LogP contribution in [0.15, 0.2) is 30.0 Å². The molecule has 0 aromatic heterocycles. The molecule has 1 aromatic carbocycles. The van der Waals surface area contributed by atoms with Gasteiger partial charge in [0, 0.05) is 18.0 Å². The zero-order valence-corrected chi connectivity index (χ0v) is 10.1. The van der Waals surface area contributed by atoms with Crippen molar-refractivity contribution in [2.24, 2.45) is 0 Å². The van der Waals surface area contributed by atoms with Gasteiger partial charge in [0.05, 0.1) is 6.61 Å². The van der Waals surface area contributed by atoms with Crippen LogP contribution in [0.2, 0.25) is 0 Å². The Kier molecular flexibility index (Phi) is 4.76. The third kappa shape index (κ3) is 3.91. The van der Waals surface area contributed by atoms with Gasteiger partial charge in [0.2, 0.25) is 0 Å². The first-order valence-corrected chi connectivity index (χ1v) is 5.34. The number of carboxylic acids is 2. The van der Waals surface area contributed by atoms with Gasteiger partial charge in [-0.2, -0.15) is 0 Å². The van der Waals surface area contributed by atoms with E-state index in [-0.39, 0.29) is 11.5 Å². The van der Waals surface area contributed by atoms with Crippen LogP contribution in [0, 0.1) is 0 Å². The lowest BCUT2D eigenvalue weighted by Gasteiger charge is -2.08. The van der Waals surface area contributed by atoms with E-state index in [4.69, 9.17) is 14.9 Å². The average molecular weight is 267 g/mol. The van der Waals surface area contributed by atoms with Crippen LogP contribution in [0.5, 0.6) is 11.5 Å². The lowest BCUT2D eigenvalue weighted by molar-refractivity contribution is -0.140. The molecule has 0 amide bonds. The molecule has 1 aromatic rings. The van der Waals surface area contributed by atoms with E-state index in [0.717, 1.165) is 6.20 Å². The Morgan fingerprint density at radius 3 is 2.47 bits per heavy atom. The van der Waals surface area contributed by atoms with Crippen LogP contribution in [0.3, 0.4) is 0 Å². The van der Waals surface area contributed by atoms with Gasteiger partial charge in [-0.25, -0.2) is 9.59 Å². The number of hydrogen-bond acceptors (Lipinski definition) is 5. The van der Waals surface area contributed by atoms with Crippen LogP contribution in [0.25, 0.3) is 0 Å². The number of nitrogens with one attached hydrogen (secondary N) is 1. The van der Waals surface area contributed by atoms with Crippen molar-refractivity contribution in [2.45, 2.75) is 6.92 Å². The Labute approximate surface area is 108 Å². The summed E-state index contributed by atoms with van der Waals surface area (Å²) in [5.74, 6) is -2.95. The van der Waals surface area contributed by atoms with Gasteiger partial charge in [-0.15, -0.1) is 0 Å². The monoisotopic (exact) mass is 267 g/mol. The molecular weight excluding hydrogens is 254 g/mol. The molecule has 0 radical (unpaired) electrons. The van der Waals surface area contributed by atoms with Gasteiger partial charge < -0.3 is 25.4 Å². The van der Waals surface area contributed by atoms with Crippen molar-refractivity contribution in [1.29, 1.82) is 0 Å². The van der Waals surface area contributed by atoms with E-state index < -0.39 is 17.5 Å². The Morgan fingerprint density at radius 2 is 1.95 bits per heavy atom. The van der Waals surface area contributed by atoms with E-state index in [9.17, 15) is 14.7 Å². The van der Waals surface area contributed by atoms with Gasteiger partial charge in [0.1, 0.15) is 0 Å². The molecule has 0 aliphatic carbocycles. The van der Waals surface area contributed by atoms with E-state index in [0.29, 0.717) is 12.3 Å². The molecule has 0 spiro atoms. The van der Waals surface area contributed by atoms with E-state index in [2.05, 4.69) is 5.32 Å². The van der Waals surface area contributed by atoms with Crippen LogP contribution in [-0.2, 0) is 9.59 Å². The van der Waals surface area contributed by atoms with Crippen LogP contribution < -0.4 is 10.1 Å². The Balaban J connectivity index is 2.93. The Morgan fingerprint density at radius 1 is 1.32 bits per heavy atom. The number of hydrogen-bond donors (Lipinski definition) is 4. The first-order chi connectivity index (χ1) is 8.95. The molecule has 0 heterocycles. The highest BCUT2D eigenvalue weighted by Crippen LogP contribution is 2.29. The molecule has 0 saturated carbocycles. The fraction of sp³-hybridized carbons (Fsp3) is 0.167. The summed E-state index contributed by atoms with van der Waals surface area (Å²) in [5, 5.41) is 29.3. The van der Waals surface area contributed by atoms with Gasteiger partial charge in [0.25, 0.3) is 0 Å². The van der Waals surface area contributed by atoms with Gasteiger partial charge in [-0.1, -0.05) is 0 Å². The summed E-state index contributed by atoms with van der Waals surface area (Å²) in [6, 6.07) is 4.23. The minimum atomic E-state index is -1.55. The largest absolute Gasteiger partial charge is 0.504 e. The Bertz CT molecular complexity index is 507. The van der Waals surface area contributed by atoms with Gasteiger partial charge in [-0.05, 0) is 19.1 Å². The van der Waals surface area contributed by atoms with Crippen molar-refractivity contribution < 1.29 is 29.6 Å². The topological polar surface area (TPSA) is 116 Å². The number of phenolic OH excluding ortho intramolecular Hbond substituents is 1. The van der Waals surface area contributed by atoms with Crippen molar-refractivity contribution in [3.05, 3.63) is 30.0 Å². The van der Waals surface area contributed by atoms with Crippen molar-refractivity contribution in [1.82, 2.24) is 0 Å². The standard InChI is InChI=1S/C12H13NO6/c1-2-19-10-5-7(3-4-9(10)14)13-6-8(11(15)16)12(17)18/h3-6,13-14H,2H2,1H3,(H,15,16)(H,17,18). The molecule has 0 unspecified atom stereocenters. The lowest BCUT2D eigenvalue weighted by Crippen LogP contribution is -2.12. The lowest BCUT2D eigenvalue weighted by atomic mass is 10.2. The zero-order chi connectivity index (χ0) is 14.4. The fourth-order valence-electron chi connectivity index (χ4n) is 1.25. The molecule has 0 aliphatic rings. The van der Waals surface area contributed by atoms with Crippen molar-refractivity contribution in [2.75, 3.05) is 11.9 Å². The zero-order valence-electron chi connectivity index (χ0n) is 10.1. The van der Waals surface area contributed by atoms with Crippen LogP contribution in [0.1, 0.15) is 6.92 Å². The fourth-order valence-corrected chi connectivity index (χ4v) is 1.25. The molecule has 102 valence electrons. The normalized spacial score (nSPS) is 9.53. The molecule has 0 atom stereocenters. The molecule has 0 saturated heterocycles. The first-order valence-electron chi connectivity index (χ1n) is 5.34. The summed E-state index contributed by atoms with van der Waals surface area (Å²) in [4.78, 5) is 21.3. The second-order valence-corrected chi connectivity index (χ2v) is 3.43. The summed E-state index contributed by atoms with van der Waals surface area (Å²) in [7, 11) is 0. The number of anilines is 1. The first kappa shape index (κ1) is 14.4. The quantitative estimate of drug-likeness (QED) is 0.265. The summed E-state index contributed by atoms with van der Waals surface area (Å²) in [6.45, 7) is 2.09. The van der Waals surface area contributed by atoms with E-state index in [1.54, 1.807) is 6.92 Å². The SMILES string of the molecule is CCOc1cc(NC=C(C(=O)O)C(=O)O)ccc1O. The molecular formula is C12H13NO6.